The van der Waals surface area contributed by atoms with Crippen LogP contribution in [0.15, 0.2) is 36.7 Å². The van der Waals surface area contributed by atoms with E-state index >= 15 is 0 Å². The largest absolute Gasteiger partial charge is 0.497 e. The van der Waals surface area contributed by atoms with E-state index in [0.717, 1.165) is 42.9 Å². The molecule has 3 rings (SSSR count). The molecule has 1 aliphatic rings. The summed E-state index contributed by atoms with van der Waals surface area (Å²) in [6.45, 7) is 5.20. The number of ether oxygens (including phenoxy) is 1. The molecule has 2 aromatic rings. The van der Waals surface area contributed by atoms with E-state index in [1.807, 2.05) is 18.2 Å². The highest BCUT2D eigenvalue weighted by Gasteiger charge is 2.17. The highest BCUT2D eigenvalue weighted by atomic mass is 16.5. The number of hydrogen-bond donors (Lipinski definition) is 1. The first kappa shape index (κ1) is 15.6. The maximum Gasteiger partial charge on any atom is 0.134 e. The Kier molecular flexibility index (Phi) is 4.95. The minimum absolute atomic E-state index is 0.731. The highest BCUT2D eigenvalue weighted by Crippen LogP contribution is 2.22. The lowest BCUT2D eigenvalue weighted by atomic mass is 10.0. The summed E-state index contributed by atoms with van der Waals surface area (Å²) in [5.74, 6) is 3.49. The number of anilines is 2. The van der Waals surface area contributed by atoms with E-state index in [4.69, 9.17) is 4.74 Å². The van der Waals surface area contributed by atoms with Gasteiger partial charge >= 0.3 is 0 Å². The maximum atomic E-state index is 5.18. The Bertz CT molecular complexity index is 629. The van der Waals surface area contributed by atoms with Crippen LogP contribution in [0.5, 0.6) is 5.75 Å². The smallest absolute Gasteiger partial charge is 0.134 e. The van der Waals surface area contributed by atoms with Crippen LogP contribution in [-0.4, -0.2) is 30.2 Å². The normalized spacial score (nSPS) is 17.8. The first-order valence-corrected chi connectivity index (χ1v) is 8.18. The fourth-order valence-electron chi connectivity index (χ4n) is 2.95. The molecular formula is C18H24N4O. The van der Waals surface area contributed by atoms with Gasteiger partial charge in [-0.25, -0.2) is 9.97 Å². The van der Waals surface area contributed by atoms with Crippen molar-refractivity contribution in [2.75, 3.05) is 30.4 Å². The number of benzene rings is 1. The number of hydrogen-bond acceptors (Lipinski definition) is 5. The first-order chi connectivity index (χ1) is 11.2. The number of nitrogens with one attached hydrogen (secondary N) is 1. The van der Waals surface area contributed by atoms with E-state index in [0.29, 0.717) is 0 Å². The Balaban J connectivity index is 1.62. The fraction of sp³-hybridized carbons (Fsp3) is 0.444. The monoisotopic (exact) mass is 312 g/mol. The molecule has 23 heavy (non-hydrogen) atoms. The lowest BCUT2D eigenvalue weighted by Gasteiger charge is -2.31. The zero-order valence-corrected chi connectivity index (χ0v) is 13.8. The maximum absolute atomic E-state index is 5.18. The van der Waals surface area contributed by atoms with Gasteiger partial charge in [-0.3, -0.25) is 0 Å². The molecule has 1 N–H and O–H groups in total. The highest BCUT2D eigenvalue weighted by molar-refractivity contribution is 5.49. The predicted molar refractivity (Wildman–Crippen MR) is 93.0 cm³/mol. The minimum Gasteiger partial charge on any atom is -0.497 e. The summed E-state index contributed by atoms with van der Waals surface area (Å²) in [6.07, 6.45) is 4.19. The molecule has 1 aromatic carbocycles. The first-order valence-electron chi connectivity index (χ1n) is 8.18. The predicted octanol–water partition coefficient (Wildman–Crippen LogP) is 3.33. The number of piperidine rings is 1. The van der Waals surface area contributed by atoms with Crippen molar-refractivity contribution in [1.29, 1.82) is 0 Å². The van der Waals surface area contributed by atoms with Gasteiger partial charge in [-0.05, 0) is 36.5 Å². The molecule has 0 radical (unpaired) electrons. The van der Waals surface area contributed by atoms with E-state index in [9.17, 15) is 0 Å². The van der Waals surface area contributed by atoms with Crippen LogP contribution in [0.3, 0.4) is 0 Å². The quantitative estimate of drug-likeness (QED) is 0.917. The number of nitrogens with zero attached hydrogens (tertiary/aromatic N) is 3. The van der Waals surface area contributed by atoms with E-state index in [1.165, 1.54) is 18.4 Å². The van der Waals surface area contributed by atoms with Gasteiger partial charge in [-0.1, -0.05) is 19.1 Å². The van der Waals surface area contributed by atoms with E-state index in [-0.39, 0.29) is 0 Å². The Hall–Kier alpha value is -2.30. The van der Waals surface area contributed by atoms with Gasteiger partial charge < -0.3 is 15.0 Å². The van der Waals surface area contributed by atoms with Crippen LogP contribution in [0, 0.1) is 5.92 Å². The lowest BCUT2D eigenvalue weighted by Crippen LogP contribution is -2.34. The van der Waals surface area contributed by atoms with E-state index in [2.05, 4.69) is 39.2 Å². The minimum atomic E-state index is 0.731. The molecule has 5 heteroatoms. The van der Waals surface area contributed by atoms with Crippen molar-refractivity contribution in [3.63, 3.8) is 0 Å². The summed E-state index contributed by atoms with van der Waals surface area (Å²) in [7, 11) is 1.68. The molecule has 122 valence electrons. The van der Waals surface area contributed by atoms with Gasteiger partial charge in [0, 0.05) is 25.7 Å². The SMILES string of the molecule is COc1ccc(CNc2cc(N3CCCC(C)C3)ncn2)cc1. The van der Waals surface area contributed by atoms with Crippen LogP contribution in [0.2, 0.25) is 0 Å². The van der Waals surface area contributed by atoms with Crippen molar-refractivity contribution < 1.29 is 4.74 Å². The van der Waals surface area contributed by atoms with Crippen molar-refractivity contribution in [1.82, 2.24) is 9.97 Å². The molecule has 1 aromatic heterocycles. The van der Waals surface area contributed by atoms with Gasteiger partial charge in [-0.2, -0.15) is 0 Å². The van der Waals surface area contributed by atoms with Crippen LogP contribution in [0.4, 0.5) is 11.6 Å². The molecule has 1 aliphatic heterocycles. The van der Waals surface area contributed by atoms with Crippen LogP contribution in [0.1, 0.15) is 25.3 Å². The molecule has 1 atom stereocenters. The molecule has 0 bridgehead atoms. The molecule has 1 unspecified atom stereocenters. The summed E-state index contributed by atoms with van der Waals surface area (Å²) in [6, 6.07) is 10.1. The van der Waals surface area contributed by atoms with Gasteiger partial charge in [-0.15, -0.1) is 0 Å². The molecular weight excluding hydrogens is 288 g/mol. The van der Waals surface area contributed by atoms with E-state index < -0.39 is 0 Å². The third-order valence-corrected chi connectivity index (χ3v) is 4.27. The standard InChI is InChI=1S/C18H24N4O/c1-14-4-3-9-22(12-14)18-10-17(20-13-21-18)19-11-15-5-7-16(23-2)8-6-15/h5-8,10,13-14H,3-4,9,11-12H2,1-2H3,(H,19,20,21). The van der Waals surface area contributed by atoms with Crippen molar-refractivity contribution in [2.24, 2.45) is 5.92 Å². The van der Waals surface area contributed by atoms with Gasteiger partial charge in [0.05, 0.1) is 7.11 Å². The molecule has 2 heterocycles. The van der Waals surface area contributed by atoms with Crippen molar-refractivity contribution >= 4 is 11.6 Å². The lowest BCUT2D eigenvalue weighted by molar-refractivity contribution is 0.414. The Labute approximate surface area is 137 Å². The van der Waals surface area contributed by atoms with Gasteiger partial charge in [0.2, 0.25) is 0 Å². The Morgan fingerprint density at radius 2 is 2.09 bits per heavy atom. The average Bonchev–Trinajstić information content (AvgIpc) is 2.61. The second kappa shape index (κ2) is 7.31. The van der Waals surface area contributed by atoms with Crippen LogP contribution >= 0.6 is 0 Å². The number of methoxy groups -OCH3 is 1. The molecule has 5 nitrogen and oxygen atoms in total. The zero-order valence-electron chi connectivity index (χ0n) is 13.8. The summed E-state index contributed by atoms with van der Waals surface area (Å²) in [4.78, 5) is 11.1. The van der Waals surface area contributed by atoms with Gasteiger partial charge in [0.1, 0.15) is 23.7 Å². The molecule has 0 amide bonds. The Morgan fingerprint density at radius 1 is 1.26 bits per heavy atom. The summed E-state index contributed by atoms with van der Waals surface area (Å²) >= 11 is 0. The number of rotatable bonds is 5. The summed E-state index contributed by atoms with van der Waals surface area (Å²) < 4.78 is 5.18. The van der Waals surface area contributed by atoms with Crippen molar-refractivity contribution in [2.45, 2.75) is 26.3 Å². The fourth-order valence-corrected chi connectivity index (χ4v) is 2.95. The van der Waals surface area contributed by atoms with Gasteiger partial charge in [0.15, 0.2) is 0 Å². The molecule has 1 saturated heterocycles. The average molecular weight is 312 g/mol. The van der Waals surface area contributed by atoms with E-state index in [1.54, 1.807) is 13.4 Å². The summed E-state index contributed by atoms with van der Waals surface area (Å²) in [5, 5.41) is 3.37. The molecule has 0 aliphatic carbocycles. The van der Waals surface area contributed by atoms with Crippen LogP contribution < -0.4 is 15.0 Å². The van der Waals surface area contributed by atoms with Gasteiger partial charge in [0.25, 0.3) is 0 Å². The second-order valence-electron chi connectivity index (χ2n) is 6.16. The zero-order chi connectivity index (χ0) is 16.1. The van der Waals surface area contributed by atoms with Crippen LogP contribution in [-0.2, 0) is 6.54 Å². The number of aromatic nitrogens is 2. The van der Waals surface area contributed by atoms with Crippen molar-refractivity contribution in [3.05, 3.63) is 42.2 Å². The van der Waals surface area contributed by atoms with Crippen molar-refractivity contribution in [3.8, 4) is 5.75 Å². The topological polar surface area (TPSA) is 50.3 Å². The molecule has 0 saturated carbocycles. The second-order valence-corrected chi connectivity index (χ2v) is 6.16. The molecule has 0 spiro atoms. The van der Waals surface area contributed by atoms with Crippen LogP contribution in [0.25, 0.3) is 0 Å². The Morgan fingerprint density at radius 3 is 2.83 bits per heavy atom. The molecule has 1 fully saturated rings. The third-order valence-electron chi connectivity index (χ3n) is 4.27. The third kappa shape index (κ3) is 4.12. The summed E-state index contributed by atoms with van der Waals surface area (Å²) in [5.41, 5.74) is 1.19.